The van der Waals surface area contributed by atoms with E-state index < -0.39 is 9.28 Å². The average molecular weight is 453 g/mol. The Hall–Kier alpha value is -1.74. The Morgan fingerprint density at radius 3 is 1.06 bits per heavy atom. The van der Waals surface area contributed by atoms with Crippen LogP contribution < -0.4 is 8.85 Å². The summed E-state index contributed by atoms with van der Waals surface area (Å²) < 4.78 is 13.3. The van der Waals surface area contributed by atoms with E-state index in [1.54, 1.807) is 0 Å². The number of benzene rings is 2. The molecule has 0 bridgehead atoms. The van der Waals surface area contributed by atoms with Crippen molar-refractivity contribution < 1.29 is 8.85 Å². The van der Waals surface area contributed by atoms with Gasteiger partial charge in [0.15, 0.2) is 0 Å². The third-order valence-corrected chi connectivity index (χ3v) is 7.52. The molecule has 2 aromatic rings. The van der Waals surface area contributed by atoms with Gasteiger partial charge in [-0.25, -0.2) is 0 Å². The molecule has 0 saturated heterocycles. The van der Waals surface area contributed by atoms with E-state index in [9.17, 15) is 0 Å². The monoisotopic (exact) mass is 452 g/mol. The molecule has 1 aliphatic rings. The summed E-state index contributed by atoms with van der Waals surface area (Å²) in [4.78, 5) is 0. The van der Waals surface area contributed by atoms with Crippen LogP contribution in [0.25, 0.3) is 11.1 Å². The maximum Gasteiger partial charge on any atom is 0.441 e. The Kier molecular flexibility index (Phi) is 5.95. The van der Waals surface area contributed by atoms with Gasteiger partial charge >= 0.3 is 9.28 Å². The zero-order chi connectivity index (χ0) is 24.4. The van der Waals surface area contributed by atoms with Gasteiger partial charge in [-0.05, 0) is 62.6 Å². The summed E-state index contributed by atoms with van der Waals surface area (Å²) in [7, 11) is -1.93. The minimum atomic E-state index is -1.93. The number of rotatable bonds is 0. The van der Waals surface area contributed by atoms with Crippen LogP contribution >= 0.6 is 0 Å². The first-order valence-corrected chi connectivity index (χ1v) is 14.1. The molecule has 0 amide bonds. The van der Waals surface area contributed by atoms with Gasteiger partial charge in [-0.15, -0.1) is 0 Å². The van der Waals surface area contributed by atoms with Crippen LogP contribution in [-0.2, 0) is 21.7 Å². The highest BCUT2D eigenvalue weighted by Gasteiger charge is 2.35. The smallest absolute Gasteiger partial charge is 0.441 e. The summed E-state index contributed by atoms with van der Waals surface area (Å²) in [6.45, 7) is 29.6. The molecule has 1 heterocycles. The van der Waals surface area contributed by atoms with E-state index in [-0.39, 0.29) is 21.7 Å². The first-order valence-electron chi connectivity index (χ1n) is 12.0. The Balaban J connectivity index is 2.53. The fraction of sp³-hybridized carbons (Fsp3) is 0.586. The molecular weight excluding hydrogens is 408 g/mol. The Morgan fingerprint density at radius 1 is 0.500 bits per heavy atom. The molecule has 0 spiro atoms. The van der Waals surface area contributed by atoms with Gasteiger partial charge in [-0.2, -0.15) is 0 Å². The quantitative estimate of drug-likeness (QED) is 0.375. The van der Waals surface area contributed by atoms with Crippen LogP contribution in [0.15, 0.2) is 24.3 Å². The highest BCUT2D eigenvalue weighted by molar-refractivity contribution is 6.45. The summed E-state index contributed by atoms with van der Waals surface area (Å²) in [5.74, 6) is 2.05. The molecule has 0 fully saturated rings. The highest BCUT2D eigenvalue weighted by Crippen LogP contribution is 2.50. The molecular formula is C29H44O2Si. The second-order valence-corrected chi connectivity index (χ2v) is 15.2. The molecule has 1 aliphatic heterocycles. The van der Waals surface area contributed by atoms with Gasteiger partial charge < -0.3 is 8.85 Å². The molecule has 176 valence electrons. The first kappa shape index (κ1) is 24.9. The van der Waals surface area contributed by atoms with Crippen molar-refractivity contribution in [2.45, 2.75) is 111 Å². The summed E-state index contributed by atoms with van der Waals surface area (Å²) in [5.41, 5.74) is 7.62. The predicted octanol–water partition coefficient (Wildman–Crippen LogP) is 8.17. The van der Waals surface area contributed by atoms with Crippen molar-refractivity contribution in [1.29, 1.82) is 0 Å². The van der Waals surface area contributed by atoms with E-state index in [4.69, 9.17) is 8.85 Å². The normalized spacial score (nSPS) is 15.4. The molecule has 2 nitrogen and oxygen atoms in total. The van der Waals surface area contributed by atoms with Gasteiger partial charge in [0.25, 0.3) is 0 Å². The lowest BCUT2D eigenvalue weighted by Crippen LogP contribution is -2.28. The summed E-state index contributed by atoms with van der Waals surface area (Å²) >= 11 is 0. The van der Waals surface area contributed by atoms with Gasteiger partial charge in [-0.1, -0.05) is 95.2 Å². The van der Waals surface area contributed by atoms with E-state index >= 15 is 0 Å². The van der Waals surface area contributed by atoms with Crippen molar-refractivity contribution in [3.63, 3.8) is 0 Å². The predicted molar refractivity (Wildman–Crippen MR) is 141 cm³/mol. The van der Waals surface area contributed by atoms with E-state index in [2.05, 4.69) is 114 Å². The first-order chi connectivity index (χ1) is 14.3. The topological polar surface area (TPSA) is 18.5 Å². The molecule has 32 heavy (non-hydrogen) atoms. The Labute approximate surface area is 198 Å². The van der Waals surface area contributed by atoms with Crippen LogP contribution in [0.5, 0.6) is 11.5 Å². The molecule has 0 unspecified atom stereocenters. The molecule has 0 atom stereocenters. The largest absolute Gasteiger partial charge is 0.513 e. The van der Waals surface area contributed by atoms with Crippen LogP contribution in [0.2, 0.25) is 6.55 Å². The van der Waals surface area contributed by atoms with Gasteiger partial charge in [0, 0.05) is 11.1 Å². The van der Waals surface area contributed by atoms with Crippen LogP contribution in [0.4, 0.5) is 0 Å². The Morgan fingerprint density at radius 2 is 0.812 bits per heavy atom. The summed E-state index contributed by atoms with van der Waals surface area (Å²) in [6.07, 6.45) is 0. The van der Waals surface area contributed by atoms with Crippen molar-refractivity contribution in [2.75, 3.05) is 0 Å². The zero-order valence-corrected chi connectivity index (χ0v) is 23.9. The molecule has 0 N–H and O–H groups in total. The van der Waals surface area contributed by atoms with Crippen LogP contribution in [0, 0.1) is 0 Å². The fourth-order valence-corrected chi connectivity index (χ4v) is 5.47. The van der Waals surface area contributed by atoms with Gasteiger partial charge in [0.05, 0.1) is 0 Å². The Bertz CT molecular complexity index is 938. The molecule has 0 saturated carbocycles. The highest BCUT2D eigenvalue weighted by atomic mass is 28.3. The van der Waals surface area contributed by atoms with Crippen molar-refractivity contribution in [3.05, 3.63) is 46.5 Å². The molecule has 0 radical (unpaired) electrons. The minimum absolute atomic E-state index is 0.0293. The lowest BCUT2D eigenvalue weighted by molar-refractivity contribution is 0.419. The third kappa shape index (κ3) is 4.78. The summed E-state index contributed by atoms with van der Waals surface area (Å²) in [6, 6.07) is 9.45. The van der Waals surface area contributed by atoms with Gasteiger partial charge in [0.2, 0.25) is 0 Å². The third-order valence-electron chi connectivity index (χ3n) is 6.38. The molecule has 3 heteroatoms. The molecule has 0 aromatic heterocycles. The molecule has 3 rings (SSSR count). The summed E-state index contributed by atoms with van der Waals surface area (Å²) in [5, 5.41) is 0. The van der Waals surface area contributed by atoms with Crippen molar-refractivity contribution in [2.24, 2.45) is 0 Å². The molecule has 2 aromatic carbocycles. The van der Waals surface area contributed by atoms with E-state index in [0.717, 1.165) is 11.5 Å². The standard InChI is InChI=1S/C29H44O2Si/c1-26(2,3)18-14-20-21-15-19(27(4,5)6)17-23(29(10,11)12)25(21)31-32(13)30-24(20)22(16-18)28(7,8)9/h14-17,32H,1-13H3. The maximum atomic E-state index is 6.67. The van der Waals surface area contributed by atoms with E-state index in [1.165, 1.54) is 33.4 Å². The van der Waals surface area contributed by atoms with Crippen LogP contribution in [0.3, 0.4) is 0 Å². The van der Waals surface area contributed by atoms with Crippen molar-refractivity contribution in [3.8, 4) is 22.6 Å². The second-order valence-electron chi connectivity index (χ2n) is 13.6. The fourth-order valence-electron chi connectivity index (χ4n) is 4.25. The lowest BCUT2D eigenvalue weighted by atomic mass is 9.75. The SMILES string of the molecule is C[SiH]1Oc2c(cc(C(C)(C)C)cc2C(C)(C)C)-c2cc(C(C)(C)C)cc(C(C)(C)C)c2O1. The van der Waals surface area contributed by atoms with Gasteiger partial charge in [-0.3, -0.25) is 0 Å². The second kappa shape index (κ2) is 7.65. The number of hydrogen-bond acceptors (Lipinski definition) is 2. The van der Waals surface area contributed by atoms with Crippen LogP contribution in [0.1, 0.15) is 105 Å². The van der Waals surface area contributed by atoms with Crippen LogP contribution in [-0.4, -0.2) is 9.28 Å². The lowest BCUT2D eigenvalue weighted by Gasteiger charge is -2.30. The van der Waals surface area contributed by atoms with Crippen molar-refractivity contribution in [1.82, 2.24) is 0 Å². The van der Waals surface area contributed by atoms with E-state index in [0.29, 0.717) is 0 Å². The number of fused-ring (bicyclic) bond motifs is 3. The number of hydrogen-bond donors (Lipinski definition) is 0. The zero-order valence-electron chi connectivity index (χ0n) is 22.7. The van der Waals surface area contributed by atoms with Gasteiger partial charge in [0.1, 0.15) is 11.5 Å². The average Bonchev–Trinajstić information content (AvgIpc) is 2.71. The molecule has 0 aliphatic carbocycles. The van der Waals surface area contributed by atoms with Crippen molar-refractivity contribution >= 4 is 9.28 Å². The minimum Gasteiger partial charge on any atom is -0.513 e. The maximum absolute atomic E-state index is 6.67. The van der Waals surface area contributed by atoms with E-state index in [1.807, 2.05) is 0 Å².